The van der Waals surface area contributed by atoms with E-state index in [2.05, 4.69) is 79.6 Å². The minimum atomic E-state index is -2.71. The van der Waals surface area contributed by atoms with Crippen LogP contribution in [0.15, 0.2) is 72.9 Å². The molecule has 0 aliphatic heterocycles. The summed E-state index contributed by atoms with van der Waals surface area (Å²) in [5, 5.41) is 5.17. The lowest BCUT2D eigenvalue weighted by Crippen LogP contribution is -2.66. The number of carbonyl (C=O) groups excluding carboxylic acids is 1. The molecule has 0 spiro atoms. The fraction of sp³-hybridized carbons (Fsp3) is 0.400. The lowest BCUT2D eigenvalue weighted by Gasteiger charge is -2.43. The molecule has 0 radical (unpaired) electrons. The molecule has 0 aliphatic rings. The summed E-state index contributed by atoms with van der Waals surface area (Å²) in [5.74, 6) is 0. The Morgan fingerprint density at radius 1 is 0.921 bits per heavy atom. The van der Waals surface area contributed by atoms with Crippen LogP contribution in [0.3, 0.4) is 0 Å². The highest BCUT2D eigenvalue weighted by atomic mass is 35.5. The third kappa shape index (κ3) is 6.83. The van der Waals surface area contributed by atoms with Crippen molar-refractivity contribution in [1.82, 2.24) is 4.98 Å². The third-order valence-corrected chi connectivity index (χ3v) is 11.8. The number of carbonyl (C=O) groups is 1. The van der Waals surface area contributed by atoms with Crippen molar-refractivity contribution in [3.8, 4) is 0 Å². The van der Waals surface area contributed by atoms with Gasteiger partial charge in [0.25, 0.3) is 8.32 Å². The summed E-state index contributed by atoms with van der Waals surface area (Å²) in [4.78, 5) is 16.7. The Balaban J connectivity index is 1.93. The van der Waals surface area contributed by atoms with Crippen LogP contribution < -0.4 is 21.4 Å². The Morgan fingerprint density at radius 2 is 1.45 bits per heavy atom. The summed E-state index contributed by atoms with van der Waals surface area (Å²) in [5.41, 5.74) is 6.36. The maximum absolute atomic E-state index is 12.5. The molecule has 1 aromatic heterocycles. The number of nitrogens with one attached hydrogen (secondary N) is 1. The van der Waals surface area contributed by atoms with Crippen LogP contribution in [0.4, 0.5) is 10.5 Å². The number of pyridine rings is 1. The van der Waals surface area contributed by atoms with Crippen LogP contribution in [0.2, 0.25) is 10.2 Å². The summed E-state index contributed by atoms with van der Waals surface area (Å²) in [6.45, 7) is 14.4. The van der Waals surface area contributed by atoms with Gasteiger partial charge in [-0.05, 0) is 55.6 Å². The fourth-order valence-electron chi connectivity index (χ4n) is 4.75. The van der Waals surface area contributed by atoms with Gasteiger partial charge in [0.05, 0.1) is 5.69 Å². The Kier molecular flexibility index (Phi) is 9.09. The Bertz CT molecular complexity index is 1180. The van der Waals surface area contributed by atoms with Crippen molar-refractivity contribution < 1.29 is 14.0 Å². The van der Waals surface area contributed by atoms with Crippen molar-refractivity contribution in [2.75, 3.05) is 11.9 Å². The minimum Gasteiger partial charge on any atom is -0.444 e. The van der Waals surface area contributed by atoms with E-state index in [0.29, 0.717) is 24.3 Å². The Hall–Kier alpha value is -2.71. The smallest absolute Gasteiger partial charge is 0.412 e. The molecule has 0 fully saturated rings. The molecule has 0 unspecified atom stereocenters. The molecule has 0 bridgehead atoms. The van der Waals surface area contributed by atoms with Gasteiger partial charge in [-0.25, -0.2) is 9.78 Å². The molecule has 2 aromatic carbocycles. The quantitative estimate of drug-likeness (QED) is 0.255. The molecule has 0 saturated heterocycles. The zero-order chi connectivity index (χ0) is 28.2. The predicted octanol–water partition coefficient (Wildman–Crippen LogP) is 6.22. The van der Waals surface area contributed by atoms with E-state index in [9.17, 15) is 4.79 Å². The number of amides is 1. The normalized spacial score (nSPS) is 14.0. The van der Waals surface area contributed by atoms with Gasteiger partial charge < -0.3 is 14.9 Å². The Labute approximate surface area is 233 Å². The molecule has 1 amide bonds. The van der Waals surface area contributed by atoms with Crippen LogP contribution in [0.5, 0.6) is 0 Å². The first kappa shape index (κ1) is 29.8. The maximum atomic E-state index is 12.5. The van der Waals surface area contributed by atoms with Gasteiger partial charge in [0.15, 0.2) is 5.15 Å². The highest BCUT2D eigenvalue weighted by molar-refractivity contribution is 6.99. The number of benzene rings is 2. The number of ether oxygens (including phenoxy) is 1. The van der Waals surface area contributed by atoms with Gasteiger partial charge in [-0.2, -0.15) is 0 Å². The van der Waals surface area contributed by atoms with Crippen molar-refractivity contribution in [1.29, 1.82) is 0 Å². The monoisotopic (exact) mass is 553 g/mol. The van der Waals surface area contributed by atoms with Gasteiger partial charge in [-0.15, -0.1) is 0 Å². The van der Waals surface area contributed by atoms with Crippen LogP contribution >= 0.6 is 11.6 Å². The van der Waals surface area contributed by atoms with E-state index in [4.69, 9.17) is 26.5 Å². The lowest BCUT2D eigenvalue weighted by atomic mass is 9.89. The SMILES string of the molecule is CC(C)(C)OC(=O)Nc1c([C@@](C)(N)CCO[Si](c2ccccc2)(c2ccccc2)C(C)(C)C)ccnc1Cl. The average molecular weight is 554 g/mol. The largest absolute Gasteiger partial charge is 0.444 e. The van der Waals surface area contributed by atoms with E-state index in [-0.39, 0.29) is 10.2 Å². The van der Waals surface area contributed by atoms with E-state index < -0.39 is 25.6 Å². The first-order valence-electron chi connectivity index (χ1n) is 12.9. The highest BCUT2D eigenvalue weighted by Gasteiger charge is 2.50. The number of halogens is 1. The van der Waals surface area contributed by atoms with Crippen LogP contribution in [0, 0.1) is 0 Å². The van der Waals surface area contributed by atoms with Crippen molar-refractivity contribution in [3.05, 3.63) is 83.6 Å². The first-order valence-corrected chi connectivity index (χ1v) is 15.1. The second-order valence-electron chi connectivity index (χ2n) is 11.8. The van der Waals surface area contributed by atoms with Crippen molar-refractivity contribution >= 4 is 42.1 Å². The van der Waals surface area contributed by atoms with Crippen molar-refractivity contribution in [2.24, 2.45) is 5.73 Å². The van der Waals surface area contributed by atoms with Gasteiger partial charge in [-0.3, -0.25) is 5.32 Å². The summed E-state index contributed by atoms with van der Waals surface area (Å²) >= 11 is 6.42. The Morgan fingerprint density at radius 3 is 1.92 bits per heavy atom. The molecule has 8 heteroatoms. The van der Waals surface area contributed by atoms with Gasteiger partial charge in [0, 0.05) is 23.9 Å². The van der Waals surface area contributed by atoms with E-state index in [1.807, 2.05) is 19.1 Å². The molecule has 0 aliphatic carbocycles. The van der Waals surface area contributed by atoms with Gasteiger partial charge in [-0.1, -0.05) is 93.0 Å². The number of hydrogen-bond donors (Lipinski definition) is 2. The molecular formula is C30H40ClN3O3Si. The zero-order valence-corrected chi connectivity index (χ0v) is 25.2. The number of rotatable bonds is 8. The zero-order valence-electron chi connectivity index (χ0n) is 23.5. The highest BCUT2D eigenvalue weighted by Crippen LogP contribution is 2.38. The molecule has 38 heavy (non-hydrogen) atoms. The molecule has 1 atom stereocenters. The topological polar surface area (TPSA) is 86.5 Å². The molecule has 3 N–H and O–H groups in total. The number of anilines is 1. The second-order valence-corrected chi connectivity index (χ2v) is 16.5. The van der Waals surface area contributed by atoms with Crippen LogP contribution in [0.25, 0.3) is 0 Å². The third-order valence-electron chi connectivity index (χ3n) is 6.50. The molecular weight excluding hydrogens is 514 g/mol. The standard InChI is InChI=1S/C30H40ClN3O3Si/c1-28(2,3)37-27(35)34-25-24(18-20-33-26(25)31)30(7,32)19-21-36-38(29(4,5)6,22-14-10-8-11-15-22)23-16-12-9-13-17-23/h8-18,20H,19,21,32H2,1-7H3,(H,34,35)/t30-/m0/s1. The number of aromatic nitrogens is 1. The molecule has 1 heterocycles. The summed E-state index contributed by atoms with van der Waals surface area (Å²) in [7, 11) is -2.71. The van der Waals surface area contributed by atoms with Crippen LogP contribution in [0.1, 0.15) is 60.5 Å². The summed E-state index contributed by atoms with van der Waals surface area (Å²) < 4.78 is 12.5. The van der Waals surface area contributed by atoms with E-state index in [0.717, 1.165) is 0 Å². The van der Waals surface area contributed by atoms with Crippen LogP contribution in [-0.4, -0.2) is 31.6 Å². The van der Waals surface area contributed by atoms with Crippen molar-refractivity contribution in [3.63, 3.8) is 0 Å². The van der Waals surface area contributed by atoms with Gasteiger partial charge in [0.2, 0.25) is 0 Å². The predicted molar refractivity (Wildman–Crippen MR) is 159 cm³/mol. The number of hydrogen-bond acceptors (Lipinski definition) is 5. The van der Waals surface area contributed by atoms with E-state index >= 15 is 0 Å². The van der Waals surface area contributed by atoms with E-state index in [1.54, 1.807) is 33.0 Å². The van der Waals surface area contributed by atoms with Gasteiger partial charge in [0.1, 0.15) is 5.60 Å². The molecule has 204 valence electrons. The average Bonchev–Trinajstić information content (AvgIpc) is 2.82. The summed E-state index contributed by atoms with van der Waals surface area (Å²) in [6, 6.07) is 22.8. The lowest BCUT2D eigenvalue weighted by molar-refractivity contribution is 0.0635. The molecule has 3 aromatic rings. The first-order chi connectivity index (χ1) is 17.7. The maximum Gasteiger partial charge on any atom is 0.412 e. The summed E-state index contributed by atoms with van der Waals surface area (Å²) in [6.07, 6.45) is 1.46. The van der Waals surface area contributed by atoms with Gasteiger partial charge >= 0.3 is 6.09 Å². The number of nitrogens with zero attached hydrogens (tertiary/aromatic N) is 1. The molecule has 0 saturated carbocycles. The number of nitrogens with two attached hydrogens (primary N) is 1. The minimum absolute atomic E-state index is 0.149. The van der Waals surface area contributed by atoms with E-state index in [1.165, 1.54) is 10.4 Å². The molecule has 3 rings (SSSR count). The molecule has 6 nitrogen and oxygen atoms in total. The fourth-order valence-corrected chi connectivity index (χ4v) is 9.52. The van der Waals surface area contributed by atoms with Crippen molar-refractivity contribution in [2.45, 2.75) is 71.1 Å². The second kappa shape index (κ2) is 11.6. The van der Waals surface area contributed by atoms with Crippen LogP contribution in [-0.2, 0) is 14.7 Å².